The highest BCUT2D eigenvalue weighted by molar-refractivity contribution is 5.42. The Morgan fingerprint density at radius 2 is 2.00 bits per heavy atom. The molecule has 0 spiro atoms. The van der Waals surface area contributed by atoms with Gasteiger partial charge in [-0.2, -0.15) is 13.2 Å². The van der Waals surface area contributed by atoms with Crippen molar-refractivity contribution in [1.29, 1.82) is 0 Å². The zero-order chi connectivity index (χ0) is 15.3. The Morgan fingerprint density at radius 3 is 2.62 bits per heavy atom. The highest BCUT2D eigenvalue weighted by Gasteiger charge is 2.27. The molecule has 118 valence electrons. The van der Waals surface area contributed by atoms with Crippen LogP contribution in [0.4, 0.5) is 13.2 Å². The molecule has 0 radical (unpaired) electrons. The third-order valence-corrected chi connectivity index (χ3v) is 2.96. The number of alkyl halides is 3. The van der Waals surface area contributed by atoms with Crippen LogP contribution in [0.15, 0.2) is 18.2 Å². The summed E-state index contributed by atoms with van der Waals surface area (Å²) >= 11 is 0. The fourth-order valence-corrected chi connectivity index (χ4v) is 1.76. The summed E-state index contributed by atoms with van der Waals surface area (Å²) in [5, 5.41) is 3.35. The van der Waals surface area contributed by atoms with E-state index in [4.69, 9.17) is 9.47 Å². The normalized spacial score (nSPS) is 15.0. The van der Waals surface area contributed by atoms with Gasteiger partial charge in [0.2, 0.25) is 0 Å². The van der Waals surface area contributed by atoms with Crippen molar-refractivity contribution in [2.24, 2.45) is 0 Å². The molecule has 0 atom stereocenters. The smallest absolute Gasteiger partial charge is 0.411 e. The summed E-state index contributed by atoms with van der Waals surface area (Å²) in [4.78, 5) is 0. The number of hydrogen-bond donors (Lipinski definition) is 1. The first-order valence-corrected chi connectivity index (χ1v) is 6.65. The zero-order valence-electron chi connectivity index (χ0n) is 11.7. The van der Waals surface area contributed by atoms with Crippen molar-refractivity contribution in [2.45, 2.75) is 31.6 Å². The Labute approximate surface area is 121 Å². The van der Waals surface area contributed by atoms with Crippen molar-refractivity contribution in [3.8, 4) is 11.5 Å². The molecule has 0 amide bonds. The number of hydrogen-bond acceptors (Lipinski definition) is 4. The van der Waals surface area contributed by atoms with Gasteiger partial charge in [-0.05, 0) is 30.5 Å². The quantitative estimate of drug-likeness (QED) is 0.592. The highest BCUT2D eigenvalue weighted by Crippen LogP contribution is 2.29. The van der Waals surface area contributed by atoms with Gasteiger partial charge in [0.05, 0.1) is 7.11 Å². The molecule has 1 aromatic carbocycles. The zero-order valence-corrected chi connectivity index (χ0v) is 11.7. The van der Waals surface area contributed by atoms with Crippen molar-refractivity contribution in [2.75, 3.05) is 20.5 Å². The molecule has 1 aromatic rings. The molecule has 1 aliphatic carbocycles. The molecular weight excluding hydrogens is 287 g/mol. The van der Waals surface area contributed by atoms with E-state index in [1.807, 2.05) is 6.07 Å². The van der Waals surface area contributed by atoms with Gasteiger partial charge in [0, 0.05) is 12.6 Å². The summed E-state index contributed by atoms with van der Waals surface area (Å²) in [5.74, 6) is 0.829. The predicted octanol–water partition coefficient (Wildman–Crippen LogP) is 2.86. The van der Waals surface area contributed by atoms with E-state index in [0.29, 0.717) is 24.1 Å². The topological polar surface area (TPSA) is 39.7 Å². The SMILES string of the molecule is COc1ccc(CNC2CC2)cc1OCOCC(F)(F)F. The van der Waals surface area contributed by atoms with Crippen LogP contribution in [0.25, 0.3) is 0 Å². The van der Waals surface area contributed by atoms with Crippen molar-refractivity contribution >= 4 is 0 Å². The lowest BCUT2D eigenvalue weighted by Gasteiger charge is -2.13. The van der Waals surface area contributed by atoms with Gasteiger partial charge in [-0.1, -0.05) is 6.07 Å². The predicted molar refractivity (Wildman–Crippen MR) is 70.4 cm³/mol. The standard InChI is InChI=1S/C14H18F3NO3/c1-19-12-5-2-10(7-18-11-3-4-11)6-13(12)21-9-20-8-14(15,16)17/h2,5-6,11,18H,3-4,7-9H2,1H3. The maximum atomic E-state index is 12.0. The third kappa shape index (κ3) is 5.81. The van der Waals surface area contributed by atoms with Crippen LogP contribution in [0.2, 0.25) is 0 Å². The van der Waals surface area contributed by atoms with Gasteiger partial charge in [0.25, 0.3) is 0 Å². The number of ether oxygens (including phenoxy) is 3. The van der Waals surface area contributed by atoms with E-state index < -0.39 is 19.6 Å². The Morgan fingerprint density at radius 1 is 1.24 bits per heavy atom. The Balaban J connectivity index is 1.86. The molecule has 0 aliphatic heterocycles. The number of halogens is 3. The fraction of sp³-hybridized carbons (Fsp3) is 0.571. The second kappa shape index (κ2) is 7.00. The maximum absolute atomic E-state index is 12.0. The van der Waals surface area contributed by atoms with Crippen LogP contribution in [0.3, 0.4) is 0 Å². The summed E-state index contributed by atoms with van der Waals surface area (Å²) in [6.07, 6.45) is -1.99. The van der Waals surface area contributed by atoms with Gasteiger partial charge in [0.15, 0.2) is 18.3 Å². The second-order valence-electron chi connectivity index (χ2n) is 4.87. The lowest BCUT2D eigenvalue weighted by atomic mass is 10.2. The van der Waals surface area contributed by atoms with E-state index in [9.17, 15) is 13.2 Å². The molecule has 4 nitrogen and oxygen atoms in total. The van der Waals surface area contributed by atoms with Crippen LogP contribution in [0, 0.1) is 0 Å². The van der Waals surface area contributed by atoms with Gasteiger partial charge in [-0.3, -0.25) is 0 Å². The van der Waals surface area contributed by atoms with Gasteiger partial charge in [0.1, 0.15) is 6.61 Å². The van der Waals surface area contributed by atoms with Gasteiger partial charge < -0.3 is 19.5 Å². The molecule has 0 heterocycles. The van der Waals surface area contributed by atoms with Crippen LogP contribution in [0.1, 0.15) is 18.4 Å². The van der Waals surface area contributed by atoms with E-state index in [1.165, 1.54) is 20.0 Å². The maximum Gasteiger partial charge on any atom is 0.411 e. The number of benzene rings is 1. The molecule has 21 heavy (non-hydrogen) atoms. The average Bonchev–Trinajstić information content (AvgIpc) is 3.24. The first-order valence-electron chi connectivity index (χ1n) is 6.65. The Hall–Kier alpha value is -1.47. The van der Waals surface area contributed by atoms with Crippen LogP contribution in [-0.2, 0) is 11.3 Å². The lowest BCUT2D eigenvalue weighted by Crippen LogP contribution is -2.19. The van der Waals surface area contributed by atoms with Crippen LogP contribution < -0.4 is 14.8 Å². The van der Waals surface area contributed by atoms with Crippen molar-refractivity contribution in [3.05, 3.63) is 23.8 Å². The van der Waals surface area contributed by atoms with Crippen molar-refractivity contribution < 1.29 is 27.4 Å². The second-order valence-corrected chi connectivity index (χ2v) is 4.87. The molecule has 0 aromatic heterocycles. The first kappa shape index (κ1) is 15.9. The lowest BCUT2D eigenvalue weighted by molar-refractivity contribution is -0.186. The molecule has 1 saturated carbocycles. The number of rotatable bonds is 8. The van der Waals surface area contributed by atoms with Crippen LogP contribution in [0.5, 0.6) is 11.5 Å². The summed E-state index contributed by atoms with van der Waals surface area (Å²) in [7, 11) is 1.47. The van der Waals surface area contributed by atoms with Gasteiger partial charge in [-0.15, -0.1) is 0 Å². The number of methoxy groups -OCH3 is 1. The fourth-order valence-electron chi connectivity index (χ4n) is 1.76. The van der Waals surface area contributed by atoms with Crippen LogP contribution >= 0.6 is 0 Å². The van der Waals surface area contributed by atoms with E-state index in [1.54, 1.807) is 12.1 Å². The minimum absolute atomic E-state index is 0.370. The molecule has 1 fully saturated rings. The van der Waals surface area contributed by atoms with E-state index >= 15 is 0 Å². The molecule has 2 rings (SSSR count). The van der Waals surface area contributed by atoms with Crippen molar-refractivity contribution in [1.82, 2.24) is 5.32 Å². The van der Waals surface area contributed by atoms with Gasteiger partial charge in [-0.25, -0.2) is 0 Å². The van der Waals surface area contributed by atoms with Gasteiger partial charge >= 0.3 is 6.18 Å². The van der Waals surface area contributed by atoms with Crippen LogP contribution in [-0.4, -0.2) is 32.7 Å². The van der Waals surface area contributed by atoms with E-state index in [0.717, 1.165) is 5.56 Å². The third-order valence-electron chi connectivity index (χ3n) is 2.96. The summed E-state index contributed by atoms with van der Waals surface area (Å²) in [6, 6.07) is 5.93. The molecule has 0 unspecified atom stereocenters. The number of nitrogens with one attached hydrogen (secondary N) is 1. The average molecular weight is 305 g/mol. The summed E-state index contributed by atoms with van der Waals surface area (Å²) in [6.45, 7) is -1.12. The summed E-state index contributed by atoms with van der Waals surface area (Å²) in [5.41, 5.74) is 0.980. The molecule has 1 aliphatic rings. The molecule has 1 N–H and O–H groups in total. The highest BCUT2D eigenvalue weighted by atomic mass is 19.4. The molecule has 0 bridgehead atoms. The monoisotopic (exact) mass is 305 g/mol. The Kier molecular flexibility index (Phi) is 5.30. The molecule has 0 saturated heterocycles. The summed E-state index contributed by atoms with van der Waals surface area (Å²) < 4.78 is 50.6. The molecule has 7 heteroatoms. The largest absolute Gasteiger partial charge is 0.493 e. The van der Waals surface area contributed by atoms with Crippen molar-refractivity contribution in [3.63, 3.8) is 0 Å². The Bertz CT molecular complexity index is 461. The first-order chi connectivity index (χ1) is 9.98. The minimum Gasteiger partial charge on any atom is -0.493 e. The van der Waals surface area contributed by atoms with E-state index in [-0.39, 0.29) is 0 Å². The minimum atomic E-state index is -4.36. The molecular formula is C14H18F3NO3. The van der Waals surface area contributed by atoms with E-state index in [2.05, 4.69) is 10.1 Å².